The number of allylic oxidation sites excluding steroid dienone is 1. The summed E-state index contributed by atoms with van der Waals surface area (Å²) in [5.74, 6) is 0.268. The van der Waals surface area contributed by atoms with Crippen molar-refractivity contribution in [1.82, 2.24) is 0 Å². The van der Waals surface area contributed by atoms with E-state index in [0.717, 1.165) is 19.1 Å². The molecule has 14 heavy (non-hydrogen) atoms. The van der Waals surface area contributed by atoms with Gasteiger partial charge in [-0.05, 0) is 19.4 Å². The van der Waals surface area contributed by atoms with Gasteiger partial charge in [0.05, 0.1) is 5.60 Å². The summed E-state index contributed by atoms with van der Waals surface area (Å²) in [7, 11) is 1.74. The highest BCUT2D eigenvalue weighted by atomic mass is 16.5. The monoisotopic (exact) mass is 198 g/mol. The maximum absolute atomic E-state index is 10.2. The first-order chi connectivity index (χ1) is 6.60. The Balaban J connectivity index is 4.32. The van der Waals surface area contributed by atoms with E-state index in [4.69, 9.17) is 4.74 Å². The summed E-state index contributed by atoms with van der Waals surface area (Å²) in [6.07, 6.45) is 7.63. The molecule has 0 aromatic heterocycles. The first-order valence-corrected chi connectivity index (χ1v) is 5.27. The third kappa shape index (κ3) is 4.05. The molecule has 0 rings (SSSR count). The van der Waals surface area contributed by atoms with Crippen molar-refractivity contribution in [3.63, 3.8) is 0 Å². The number of rotatable bonds is 7. The largest absolute Gasteiger partial charge is 0.378 e. The lowest BCUT2D eigenvalue weighted by atomic mass is 9.85. The zero-order valence-corrected chi connectivity index (χ0v) is 9.75. The van der Waals surface area contributed by atoms with Gasteiger partial charge in [-0.3, -0.25) is 4.79 Å². The molecule has 0 N–H and O–H groups in total. The number of hydrogen-bond donors (Lipinski definition) is 0. The highest BCUT2D eigenvalue weighted by Crippen LogP contribution is 2.27. The molecule has 0 saturated carbocycles. The van der Waals surface area contributed by atoms with E-state index < -0.39 is 0 Å². The van der Waals surface area contributed by atoms with E-state index in [-0.39, 0.29) is 11.5 Å². The van der Waals surface area contributed by atoms with E-state index in [0.29, 0.717) is 0 Å². The van der Waals surface area contributed by atoms with Crippen LogP contribution in [0, 0.1) is 5.92 Å². The molecule has 0 heterocycles. The van der Waals surface area contributed by atoms with Crippen molar-refractivity contribution in [1.29, 1.82) is 0 Å². The van der Waals surface area contributed by atoms with Crippen molar-refractivity contribution in [3.8, 4) is 0 Å². The van der Waals surface area contributed by atoms with Crippen LogP contribution in [-0.2, 0) is 9.53 Å². The van der Waals surface area contributed by atoms with Crippen molar-refractivity contribution in [3.05, 3.63) is 12.2 Å². The summed E-state index contributed by atoms with van der Waals surface area (Å²) >= 11 is 0. The zero-order chi connectivity index (χ0) is 11.0. The van der Waals surface area contributed by atoms with Crippen LogP contribution in [0.5, 0.6) is 0 Å². The van der Waals surface area contributed by atoms with Gasteiger partial charge >= 0.3 is 0 Å². The van der Waals surface area contributed by atoms with Gasteiger partial charge in [0.2, 0.25) is 0 Å². The Hall–Kier alpha value is -0.630. The van der Waals surface area contributed by atoms with Crippen LogP contribution in [0.2, 0.25) is 0 Å². The second kappa shape index (κ2) is 6.77. The van der Waals surface area contributed by atoms with E-state index in [9.17, 15) is 4.79 Å². The number of aldehydes is 1. The molecule has 0 fully saturated rings. The van der Waals surface area contributed by atoms with Gasteiger partial charge in [-0.1, -0.05) is 32.8 Å². The summed E-state index contributed by atoms with van der Waals surface area (Å²) in [6, 6.07) is 0. The predicted octanol–water partition coefficient (Wildman–Crippen LogP) is 2.97. The Morgan fingerprint density at radius 1 is 1.50 bits per heavy atom. The summed E-state index contributed by atoms with van der Waals surface area (Å²) in [6.45, 7) is 6.35. The molecule has 0 saturated heterocycles. The Kier molecular flexibility index (Phi) is 6.46. The first-order valence-electron chi connectivity index (χ1n) is 5.27. The Morgan fingerprint density at radius 2 is 2.14 bits per heavy atom. The number of carbonyl (C=O) groups excluding carboxylic acids is 1. The summed E-state index contributed by atoms with van der Waals surface area (Å²) in [5, 5.41) is 0. The predicted molar refractivity (Wildman–Crippen MR) is 59.3 cm³/mol. The van der Waals surface area contributed by atoms with E-state index >= 15 is 0 Å². The minimum absolute atomic E-state index is 0.143. The number of methoxy groups -OCH3 is 1. The van der Waals surface area contributed by atoms with Gasteiger partial charge < -0.3 is 4.74 Å². The minimum atomic E-state index is -0.143. The fraction of sp³-hybridized carbons (Fsp3) is 0.750. The number of carbonyl (C=O) groups is 1. The molecule has 0 radical (unpaired) electrons. The van der Waals surface area contributed by atoms with Crippen molar-refractivity contribution < 1.29 is 9.53 Å². The first kappa shape index (κ1) is 13.4. The van der Waals surface area contributed by atoms with Crippen LogP contribution in [0.15, 0.2) is 12.2 Å². The molecule has 0 aliphatic heterocycles. The fourth-order valence-electron chi connectivity index (χ4n) is 1.46. The maximum atomic E-state index is 10.2. The molecule has 0 aliphatic rings. The Bertz CT molecular complexity index is 187. The van der Waals surface area contributed by atoms with Crippen LogP contribution in [0.4, 0.5) is 0 Å². The van der Waals surface area contributed by atoms with Gasteiger partial charge in [-0.25, -0.2) is 0 Å². The van der Waals surface area contributed by atoms with Crippen LogP contribution in [0.3, 0.4) is 0 Å². The van der Waals surface area contributed by atoms with E-state index in [1.165, 1.54) is 6.42 Å². The van der Waals surface area contributed by atoms with Crippen molar-refractivity contribution in [2.45, 2.75) is 45.6 Å². The van der Waals surface area contributed by atoms with Crippen LogP contribution in [-0.4, -0.2) is 19.0 Å². The van der Waals surface area contributed by atoms with Gasteiger partial charge in [0, 0.05) is 13.0 Å². The van der Waals surface area contributed by atoms with E-state index in [1.54, 1.807) is 13.2 Å². The molecule has 2 atom stereocenters. The van der Waals surface area contributed by atoms with Crippen LogP contribution in [0.25, 0.3) is 0 Å². The number of ether oxygens (including phenoxy) is 1. The van der Waals surface area contributed by atoms with Crippen molar-refractivity contribution in [2.24, 2.45) is 5.92 Å². The quantitative estimate of drug-likeness (QED) is 0.464. The summed E-state index contributed by atoms with van der Waals surface area (Å²) in [4.78, 5) is 10.2. The average molecular weight is 198 g/mol. The molecular formula is C12H22O2. The lowest BCUT2D eigenvalue weighted by molar-refractivity contribution is -0.104. The van der Waals surface area contributed by atoms with Crippen LogP contribution < -0.4 is 0 Å². The lowest BCUT2D eigenvalue weighted by Gasteiger charge is -2.32. The molecule has 0 aromatic carbocycles. The molecule has 0 amide bonds. The van der Waals surface area contributed by atoms with E-state index in [1.807, 2.05) is 6.08 Å². The van der Waals surface area contributed by atoms with Gasteiger partial charge in [0.1, 0.15) is 6.29 Å². The average Bonchev–Trinajstić information content (AvgIpc) is 2.22. The molecule has 2 nitrogen and oxygen atoms in total. The molecule has 0 aromatic rings. The highest BCUT2D eigenvalue weighted by molar-refractivity contribution is 5.64. The SMILES string of the molecule is CCCCC(C)(OC)C(C)C=CC=O. The lowest BCUT2D eigenvalue weighted by Crippen LogP contribution is -2.34. The molecule has 2 heteroatoms. The molecule has 82 valence electrons. The van der Waals surface area contributed by atoms with E-state index in [2.05, 4.69) is 20.8 Å². The van der Waals surface area contributed by atoms with Crippen molar-refractivity contribution >= 4 is 6.29 Å². The minimum Gasteiger partial charge on any atom is -0.378 e. The van der Waals surface area contributed by atoms with Gasteiger partial charge in [0.15, 0.2) is 0 Å². The van der Waals surface area contributed by atoms with Gasteiger partial charge in [0.25, 0.3) is 0 Å². The third-order valence-electron chi connectivity index (χ3n) is 2.93. The highest BCUT2D eigenvalue weighted by Gasteiger charge is 2.28. The number of hydrogen-bond acceptors (Lipinski definition) is 2. The maximum Gasteiger partial charge on any atom is 0.142 e. The number of unbranched alkanes of at least 4 members (excludes halogenated alkanes) is 1. The Morgan fingerprint density at radius 3 is 2.57 bits per heavy atom. The zero-order valence-electron chi connectivity index (χ0n) is 9.75. The van der Waals surface area contributed by atoms with Crippen LogP contribution in [0.1, 0.15) is 40.0 Å². The molecular weight excluding hydrogens is 176 g/mol. The fourth-order valence-corrected chi connectivity index (χ4v) is 1.46. The Labute approximate surface area is 87.3 Å². The third-order valence-corrected chi connectivity index (χ3v) is 2.93. The standard InChI is InChI=1S/C12H22O2/c1-5-6-9-12(3,14-4)11(2)8-7-10-13/h7-8,10-11H,5-6,9H2,1-4H3. The van der Waals surface area contributed by atoms with Gasteiger partial charge in [-0.2, -0.15) is 0 Å². The topological polar surface area (TPSA) is 26.3 Å². The second-order valence-electron chi connectivity index (χ2n) is 3.93. The smallest absolute Gasteiger partial charge is 0.142 e. The molecule has 0 spiro atoms. The van der Waals surface area contributed by atoms with Gasteiger partial charge in [-0.15, -0.1) is 0 Å². The summed E-state index contributed by atoms with van der Waals surface area (Å²) in [5.41, 5.74) is -0.143. The molecule has 2 unspecified atom stereocenters. The second-order valence-corrected chi connectivity index (χ2v) is 3.93. The molecule has 0 aliphatic carbocycles. The molecule has 0 bridgehead atoms. The normalized spacial score (nSPS) is 18.0. The van der Waals surface area contributed by atoms with Crippen molar-refractivity contribution in [2.75, 3.05) is 7.11 Å². The summed E-state index contributed by atoms with van der Waals surface area (Å²) < 4.78 is 5.53. The van der Waals surface area contributed by atoms with Crippen LogP contribution >= 0.6 is 0 Å².